The van der Waals surface area contributed by atoms with Crippen LogP contribution in [0.1, 0.15) is 85.6 Å². The number of nitrogens with zero attached hydrogens (tertiary/aromatic N) is 1. The molecule has 0 unspecified atom stereocenters. The van der Waals surface area contributed by atoms with E-state index >= 15 is 0 Å². The first-order valence-corrected chi connectivity index (χ1v) is 12.9. The number of oxazole rings is 1. The van der Waals surface area contributed by atoms with Crippen molar-refractivity contribution in [2.75, 3.05) is 0 Å². The van der Waals surface area contributed by atoms with Crippen LogP contribution in [0.2, 0.25) is 0 Å². The summed E-state index contributed by atoms with van der Waals surface area (Å²) in [5.74, 6) is 0.876. The van der Waals surface area contributed by atoms with Crippen molar-refractivity contribution in [1.29, 1.82) is 0 Å². The van der Waals surface area contributed by atoms with Crippen LogP contribution >= 0.6 is 0 Å². The lowest BCUT2D eigenvalue weighted by atomic mass is 9.95. The lowest BCUT2D eigenvalue weighted by Crippen LogP contribution is -2.00. The zero-order chi connectivity index (χ0) is 25.2. The fourth-order valence-electron chi connectivity index (χ4n) is 4.30. The zero-order valence-electron chi connectivity index (χ0n) is 21.5. The minimum atomic E-state index is -0.773. The molecule has 0 saturated heterocycles. The van der Waals surface area contributed by atoms with E-state index in [1.807, 2.05) is 6.92 Å². The van der Waals surface area contributed by atoms with E-state index < -0.39 is 5.97 Å². The fourth-order valence-corrected chi connectivity index (χ4v) is 4.30. The number of hydrogen-bond acceptors (Lipinski definition) is 3. The van der Waals surface area contributed by atoms with Gasteiger partial charge in [-0.3, -0.25) is 4.79 Å². The predicted octanol–water partition coefficient (Wildman–Crippen LogP) is 8.13. The molecule has 2 aromatic carbocycles. The van der Waals surface area contributed by atoms with E-state index in [1.165, 1.54) is 31.2 Å². The van der Waals surface area contributed by atoms with Gasteiger partial charge in [-0.25, -0.2) is 4.98 Å². The van der Waals surface area contributed by atoms with Gasteiger partial charge in [0.1, 0.15) is 5.76 Å². The highest BCUT2D eigenvalue weighted by Gasteiger charge is 2.15. The van der Waals surface area contributed by atoms with E-state index in [2.05, 4.69) is 62.9 Å². The van der Waals surface area contributed by atoms with E-state index in [9.17, 15) is 4.79 Å². The molecule has 0 aliphatic carbocycles. The maximum absolute atomic E-state index is 11.0. The number of aryl methyl sites for hydroxylation is 5. The molecule has 0 radical (unpaired) electrons. The van der Waals surface area contributed by atoms with Gasteiger partial charge in [0.2, 0.25) is 5.89 Å². The van der Waals surface area contributed by atoms with Crippen molar-refractivity contribution in [3.05, 3.63) is 82.8 Å². The Hall–Kier alpha value is -3.14. The molecule has 0 spiro atoms. The van der Waals surface area contributed by atoms with Crippen molar-refractivity contribution in [3.63, 3.8) is 0 Å². The molecule has 0 amide bonds. The molecule has 0 bridgehead atoms. The molecule has 3 aromatic rings. The molecule has 3 rings (SSSR count). The van der Waals surface area contributed by atoms with Gasteiger partial charge in [-0.1, -0.05) is 75.1 Å². The van der Waals surface area contributed by atoms with E-state index in [4.69, 9.17) is 14.5 Å². The summed E-state index contributed by atoms with van der Waals surface area (Å²) in [5, 5.41) is 9.05. The topological polar surface area (TPSA) is 63.3 Å². The fraction of sp³-hybridized carbons (Fsp3) is 0.419. The van der Waals surface area contributed by atoms with Crippen LogP contribution in [0.3, 0.4) is 0 Å². The lowest BCUT2D eigenvalue weighted by Gasteiger charge is -2.10. The molecule has 35 heavy (non-hydrogen) atoms. The average Bonchev–Trinajstić information content (AvgIpc) is 3.25. The van der Waals surface area contributed by atoms with Gasteiger partial charge < -0.3 is 9.52 Å². The molecule has 0 aliphatic heterocycles. The third-order valence-electron chi connectivity index (χ3n) is 6.61. The molecule has 1 heterocycles. The number of allylic oxidation sites excluding steroid dienone is 1. The van der Waals surface area contributed by atoms with E-state index in [0.29, 0.717) is 12.3 Å². The van der Waals surface area contributed by atoms with Gasteiger partial charge in [0.25, 0.3) is 0 Å². The predicted molar refractivity (Wildman–Crippen MR) is 144 cm³/mol. The highest BCUT2D eigenvalue weighted by Crippen LogP contribution is 2.28. The minimum Gasteiger partial charge on any atom is -0.481 e. The Bertz CT molecular complexity index is 1120. The van der Waals surface area contributed by atoms with Crippen LogP contribution in [0.15, 0.2) is 53.5 Å². The summed E-state index contributed by atoms with van der Waals surface area (Å²) < 4.78 is 6.30. The molecule has 0 aliphatic rings. The second-order valence-electron chi connectivity index (χ2n) is 9.56. The third kappa shape index (κ3) is 7.95. The first-order chi connectivity index (χ1) is 16.9. The number of carboxylic acids is 1. The lowest BCUT2D eigenvalue weighted by molar-refractivity contribution is -0.136. The van der Waals surface area contributed by atoms with Gasteiger partial charge in [-0.05, 0) is 73.9 Å². The largest absolute Gasteiger partial charge is 0.481 e. The van der Waals surface area contributed by atoms with Crippen molar-refractivity contribution in [2.24, 2.45) is 0 Å². The SMILES string of the molecule is C=C(CCc1oc(-c2ccc(C)cc2)nc1CCCCCCC)c1ccc(C)c(CCC(=O)O)c1. The second-order valence-corrected chi connectivity index (χ2v) is 9.56. The van der Waals surface area contributed by atoms with Gasteiger partial charge in [0.05, 0.1) is 5.69 Å². The van der Waals surface area contributed by atoms with Gasteiger partial charge in [0, 0.05) is 18.4 Å². The Balaban J connectivity index is 1.72. The molecule has 1 N–H and O–H groups in total. The summed E-state index contributed by atoms with van der Waals surface area (Å²) in [4.78, 5) is 15.9. The van der Waals surface area contributed by atoms with Crippen molar-refractivity contribution in [3.8, 4) is 11.5 Å². The van der Waals surface area contributed by atoms with Crippen LogP contribution in [0, 0.1) is 13.8 Å². The maximum Gasteiger partial charge on any atom is 0.303 e. The minimum absolute atomic E-state index is 0.137. The van der Waals surface area contributed by atoms with E-state index in [0.717, 1.165) is 65.0 Å². The van der Waals surface area contributed by atoms with Crippen LogP contribution in [0.25, 0.3) is 17.0 Å². The van der Waals surface area contributed by atoms with Crippen molar-refractivity contribution >= 4 is 11.5 Å². The third-order valence-corrected chi connectivity index (χ3v) is 6.61. The smallest absolute Gasteiger partial charge is 0.303 e. The summed E-state index contributed by atoms with van der Waals surface area (Å²) >= 11 is 0. The Morgan fingerprint density at radius 1 is 0.943 bits per heavy atom. The van der Waals surface area contributed by atoms with Crippen LogP contribution in [0.5, 0.6) is 0 Å². The van der Waals surface area contributed by atoms with Crippen LogP contribution in [0.4, 0.5) is 0 Å². The van der Waals surface area contributed by atoms with E-state index in [1.54, 1.807) is 0 Å². The molecule has 0 atom stereocenters. The molecule has 4 heteroatoms. The summed E-state index contributed by atoms with van der Waals surface area (Å²) in [7, 11) is 0. The van der Waals surface area contributed by atoms with Gasteiger partial charge in [-0.15, -0.1) is 0 Å². The normalized spacial score (nSPS) is 11.1. The Morgan fingerprint density at radius 3 is 2.40 bits per heavy atom. The number of aliphatic carboxylic acids is 1. The first kappa shape index (κ1) is 26.5. The average molecular weight is 474 g/mol. The van der Waals surface area contributed by atoms with Crippen LogP contribution in [-0.4, -0.2) is 16.1 Å². The number of carbonyl (C=O) groups is 1. The number of hydrogen-bond donors (Lipinski definition) is 1. The van der Waals surface area contributed by atoms with Crippen LogP contribution < -0.4 is 0 Å². The Kier molecular flexibility index (Phi) is 9.89. The highest BCUT2D eigenvalue weighted by molar-refractivity contribution is 5.68. The number of carboxylic acid groups (broad SMARTS) is 1. The molecule has 0 saturated carbocycles. The second kappa shape index (κ2) is 13.1. The summed E-state index contributed by atoms with van der Waals surface area (Å²) in [5.41, 5.74) is 7.57. The van der Waals surface area contributed by atoms with Crippen LogP contribution in [-0.2, 0) is 24.1 Å². The zero-order valence-corrected chi connectivity index (χ0v) is 21.5. The van der Waals surface area contributed by atoms with Crippen molar-refractivity contribution in [2.45, 2.75) is 85.0 Å². The van der Waals surface area contributed by atoms with Crippen molar-refractivity contribution in [1.82, 2.24) is 4.98 Å². The van der Waals surface area contributed by atoms with Gasteiger partial charge in [0.15, 0.2) is 0 Å². The summed E-state index contributed by atoms with van der Waals surface area (Å²) in [6.07, 6.45) is 9.26. The maximum atomic E-state index is 11.0. The summed E-state index contributed by atoms with van der Waals surface area (Å²) in [6, 6.07) is 14.5. The number of aromatic nitrogens is 1. The van der Waals surface area contributed by atoms with E-state index in [-0.39, 0.29) is 6.42 Å². The molecular formula is C31H39NO3. The molecule has 0 fully saturated rings. The Labute approximate surface area is 210 Å². The first-order valence-electron chi connectivity index (χ1n) is 12.9. The van der Waals surface area contributed by atoms with Gasteiger partial charge in [-0.2, -0.15) is 0 Å². The highest BCUT2D eigenvalue weighted by atomic mass is 16.4. The van der Waals surface area contributed by atoms with Gasteiger partial charge >= 0.3 is 5.97 Å². The molecular weight excluding hydrogens is 434 g/mol. The summed E-state index contributed by atoms with van der Waals surface area (Å²) in [6.45, 7) is 10.7. The molecule has 186 valence electrons. The molecule has 1 aromatic heterocycles. The standard InChI is InChI=1S/C31H39NO3/c1-5-6-7-8-9-10-28-29(35-31(32-28)25-15-11-22(2)12-16-25)19-14-24(4)26-17-13-23(3)27(21-26)18-20-30(33)34/h11-13,15-17,21H,4-10,14,18-20H2,1-3H3,(H,33,34). The molecule has 4 nitrogen and oxygen atoms in total. The monoisotopic (exact) mass is 473 g/mol. The number of rotatable bonds is 14. The number of benzene rings is 2. The quantitative estimate of drug-likeness (QED) is 0.240. The Morgan fingerprint density at radius 2 is 1.69 bits per heavy atom. The van der Waals surface area contributed by atoms with Crippen molar-refractivity contribution < 1.29 is 14.3 Å². The number of unbranched alkanes of at least 4 members (excludes halogenated alkanes) is 4.